The summed E-state index contributed by atoms with van der Waals surface area (Å²) in [6.07, 6.45) is 0.644. The van der Waals surface area contributed by atoms with Crippen LogP contribution in [0.5, 0.6) is 11.5 Å². The van der Waals surface area contributed by atoms with Crippen molar-refractivity contribution in [1.82, 2.24) is 0 Å². The van der Waals surface area contributed by atoms with Crippen molar-refractivity contribution >= 4 is 25.7 Å². The fourth-order valence-electron chi connectivity index (χ4n) is 1.49. The smallest absolute Gasteiger partial charge is 0.341 e. The lowest BCUT2D eigenvalue weighted by Crippen LogP contribution is -2.09. The largest absolute Gasteiger partial charge is 0.496 e. The first kappa shape index (κ1) is 16.6. The highest BCUT2D eigenvalue weighted by molar-refractivity contribution is 8.13. The van der Waals surface area contributed by atoms with Crippen LogP contribution < -0.4 is 9.47 Å². The second kappa shape index (κ2) is 6.81. The fraction of sp³-hybridized carbons (Fsp3) is 0.417. The van der Waals surface area contributed by atoms with E-state index in [9.17, 15) is 13.2 Å². The van der Waals surface area contributed by atoms with Gasteiger partial charge < -0.3 is 14.2 Å². The van der Waals surface area contributed by atoms with Crippen molar-refractivity contribution in [2.75, 3.05) is 20.8 Å². The summed E-state index contributed by atoms with van der Waals surface area (Å²) < 4.78 is 37.9. The van der Waals surface area contributed by atoms with Gasteiger partial charge in [0.15, 0.2) is 0 Å². The fourth-order valence-corrected chi connectivity index (χ4v) is 2.50. The summed E-state index contributed by atoms with van der Waals surface area (Å²) in [7, 11) is 3.89. The van der Waals surface area contributed by atoms with Crippen LogP contribution in [0.1, 0.15) is 23.7 Å². The van der Waals surface area contributed by atoms with Crippen molar-refractivity contribution in [1.29, 1.82) is 0 Å². The molecule has 0 fully saturated rings. The quantitative estimate of drug-likeness (QED) is 0.590. The number of carbonyl (C=O) groups excluding carboxylic acids is 1. The Morgan fingerprint density at radius 3 is 2.25 bits per heavy atom. The zero-order valence-corrected chi connectivity index (χ0v) is 12.9. The van der Waals surface area contributed by atoms with E-state index in [0.29, 0.717) is 6.42 Å². The molecule has 0 N–H and O–H groups in total. The number of hydrogen-bond donors (Lipinski definition) is 0. The molecule has 0 atom stereocenters. The van der Waals surface area contributed by atoms with Crippen LogP contribution in [0.2, 0.25) is 0 Å². The Morgan fingerprint density at radius 1 is 1.20 bits per heavy atom. The van der Waals surface area contributed by atoms with E-state index in [1.165, 1.54) is 20.3 Å². The minimum Gasteiger partial charge on any atom is -0.496 e. The molecule has 0 saturated heterocycles. The molecule has 0 aliphatic carbocycles. The highest BCUT2D eigenvalue weighted by Gasteiger charge is 2.24. The lowest BCUT2D eigenvalue weighted by Gasteiger charge is -2.12. The van der Waals surface area contributed by atoms with E-state index < -0.39 is 15.0 Å². The lowest BCUT2D eigenvalue weighted by atomic mass is 10.2. The molecule has 0 unspecified atom stereocenters. The first-order valence-electron chi connectivity index (χ1n) is 5.73. The van der Waals surface area contributed by atoms with Gasteiger partial charge in [0.25, 0.3) is 9.05 Å². The van der Waals surface area contributed by atoms with E-state index in [-0.39, 0.29) is 28.6 Å². The van der Waals surface area contributed by atoms with Crippen molar-refractivity contribution in [3.05, 3.63) is 17.7 Å². The monoisotopic (exact) mass is 322 g/mol. The summed E-state index contributed by atoms with van der Waals surface area (Å²) in [5, 5.41) is 0. The number of esters is 1. The molecule has 0 amide bonds. The average molecular weight is 323 g/mol. The SMILES string of the molecule is CCCOC(=O)c1cc(S(=O)(=O)Cl)c(OC)cc1OC. The lowest BCUT2D eigenvalue weighted by molar-refractivity contribution is 0.0501. The number of ether oxygens (including phenoxy) is 3. The molecule has 0 aliphatic heterocycles. The van der Waals surface area contributed by atoms with Crippen LogP contribution >= 0.6 is 10.7 Å². The maximum absolute atomic E-state index is 11.9. The van der Waals surface area contributed by atoms with E-state index in [1.807, 2.05) is 6.92 Å². The molecule has 0 aromatic heterocycles. The minimum atomic E-state index is -4.06. The summed E-state index contributed by atoms with van der Waals surface area (Å²) >= 11 is 0. The molecule has 0 bridgehead atoms. The van der Waals surface area contributed by atoms with Gasteiger partial charge in [-0.05, 0) is 12.5 Å². The van der Waals surface area contributed by atoms with Crippen molar-refractivity contribution in [3.63, 3.8) is 0 Å². The Hall–Kier alpha value is -1.47. The maximum atomic E-state index is 11.9. The molecular formula is C12H15ClO6S. The van der Waals surface area contributed by atoms with E-state index in [1.54, 1.807) is 0 Å². The molecule has 0 radical (unpaired) electrons. The molecule has 112 valence electrons. The Labute approximate surface area is 122 Å². The van der Waals surface area contributed by atoms with Gasteiger partial charge in [-0.2, -0.15) is 0 Å². The molecule has 1 rings (SSSR count). The summed E-state index contributed by atoms with van der Waals surface area (Å²) in [5.41, 5.74) is -0.0269. The highest BCUT2D eigenvalue weighted by Crippen LogP contribution is 2.34. The van der Waals surface area contributed by atoms with Crippen LogP contribution in [0.4, 0.5) is 0 Å². The van der Waals surface area contributed by atoms with Crippen LogP contribution in [0.3, 0.4) is 0 Å². The Bertz CT molecular complexity index is 596. The van der Waals surface area contributed by atoms with E-state index in [4.69, 9.17) is 24.9 Å². The normalized spacial score (nSPS) is 11.0. The molecule has 0 spiro atoms. The summed E-state index contributed by atoms with van der Waals surface area (Å²) in [4.78, 5) is 11.6. The molecule has 0 saturated carbocycles. The zero-order valence-electron chi connectivity index (χ0n) is 11.3. The van der Waals surface area contributed by atoms with Gasteiger partial charge in [0.1, 0.15) is 22.0 Å². The molecule has 0 aliphatic rings. The van der Waals surface area contributed by atoms with Gasteiger partial charge in [-0.15, -0.1) is 0 Å². The molecule has 0 heterocycles. The predicted octanol–water partition coefficient (Wildman–Crippen LogP) is 2.20. The molecule has 20 heavy (non-hydrogen) atoms. The number of rotatable bonds is 6. The standard InChI is InChI=1S/C12H15ClO6S/c1-4-5-19-12(14)8-6-11(20(13,15)16)10(18-3)7-9(8)17-2/h6-7H,4-5H2,1-3H3. The molecule has 1 aromatic rings. The average Bonchev–Trinajstić information content (AvgIpc) is 2.42. The summed E-state index contributed by atoms with van der Waals surface area (Å²) in [5.74, 6) is -0.552. The number of halogens is 1. The number of hydrogen-bond acceptors (Lipinski definition) is 6. The van der Waals surface area contributed by atoms with Gasteiger partial charge in [-0.1, -0.05) is 6.92 Å². The van der Waals surface area contributed by atoms with Crippen molar-refractivity contribution < 1.29 is 27.4 Å². The Balaban J connectivity index is 3.40. The first-order valence-corrected chi connectivity index (χ1v) is 8.03. The van der Waals surface area contributed by atoms with Gasteiger partial charge >= 0.3 is 5.97 Å². The number of benzene rings is 1. The van der Waals surface area contributed by atoms with Crippen LogP contribution in [0, 0.1) is 0 Å². The van der Waals surface area contributed by atoms with Crippen LogP contribution in [-0.4, -0.2) is 35.2 Å². The Morgan fingerprint density at radius 2 is 1.80 bits per heavy atom. The molecule has 8 heteroatoms. The summed E-state index contributed by atoms with van der Waals surface area (Å²) in [6.45, 7) is 2.06. The van der Waals surface area contributed by atoms with E-state index in [2.05, 4.69) is 0 Å². The van der Waals surface area contributed by atoms with Gasteiger partial charge in [0.05, 0.1) is 20.8 Å². The molecule has 1 aromatic carbocycles. The van der Waals surface area contributed by atoms with Crippen molar-refractivity contribution in [2.45, 2.75) is 18.2 Å². The number of methoxy groups -OCH3 is 2. The van der Waals surface area contributed by atoms with Crippen LogP contribution in [-0.2, 0) is 13.8 Å². The topological polar surface area (TPSA) is 78.9 Å². The summed E-state index contributed by atoms with van der Waals surface area (Å²) in [6, 6.07) is 2.36. The van der Waals surface area contributed by atoms with Gasteiger partial charge in [-0.25, -0.2) is 13.2 Å². The maximum Gasteiger partial charge on any atom is 0.341 e. The second-order valence-corrected chi connectivity index (χ2v) is 6.31. The predicted molar refractivity (Wildman–Crippen MR) is 73.2 cm³/mol. The second-order valence-electron chi connectivity index (χ2n) is 3.78. The third-order valence-electron chi connectivity index (χ3n) is 2.41. The van der Waals surface area contributed by atoms with Crippen LogP contribution in [0.15, 0.2) is 17.0 Å². The van der Waals surface area contributed by atoms with Crippen molar-refractivity contribution in [2.24, 2.45) is 0 Å². The third kappa shape index (κ3) is 3.77. The molecular weight excluding hydrogens is 308 g/mol. The van der Waals surface area contributed by atoms with E-state index >= 15 is 0 Å². The van der Waals surface area contributed by atoms with Crippen molar-refractivity contribution in [3.8, 4) is 11.5 Å². The Kier molecular flexibility index (Phi) is 5.64. The molecule has 6 nitrogen and oxygen atoms in total. The van der Waals surface area contributed by atoms with Crippen LogP contribution in [0.25, 0.3) is 0 Å². The highest BCUT2D eigenvalue weighted by atomic mass is 35.7. The van der Waals surface area contributed by atoms with Gasteiger partial charge in [0, 0.05) is 16.7 Å². The van der Waals surface area contributed by atoms with E-state index in [0.717, 1.165) is 6.07 Å². The third-order valence-corrected chi connectivity index (χ3v) is 3.75. The van der Waals surface area contributed by atoms with Gasteiger partial charge in [0.2, 0.25) is 0 Å². The minimum absolute atomic E-state index is 0.0103. The number of carbonyl (C=O) groups is 1. The zero-order chi connectivity index (χ0) is 15.3. The van der Waals surface area contributed by atoms with Gasteiger partial charge in [-0.3, -0.25) is 0 Å². The first-order chi connectivity index (χ1) is 9.35.